The maximum Gasteiger partial charge on any atom is 0.333 e. The number of ether oxygens (including phenoxy) is 2. The van der Waals surface area contributed by atoms with Gasteiger partial charge in [-0.1, -0.05) is 30.9 Å². The Bertz CT molecular complexity index is 340. The summed E-state index contributed by atoms with van der Waals surface area (Å²) in [5.74, 6) is -1.12. The third kappa shape index (κ3) is 3.73. The van der Waals surface area contributed by atoms with Gasteiger partial charge in [-0.25, -0.2) is 4.79 Å². The van der Waals surface area contributed by atoms with Crippen molar-refractivity contribution in [2.75, 3.05) is 13.2 Å². The second kappa shape index (κ2) is 5.90. The first-order valence-electron chi connectivity index (χ1n) is 4.95. The fourth-order valence-electron chi connectivity index (χ4n) is 1.09. The number of hydrogen-bond acceptors (Lipinski definition) is 4. The highest BCUT2D eigenvalue weighted by Gasteiger charge is 2.15. The van der Waals surface area contributed by atoms with Crippen molar-refractivity contribution in [3.05, 3.63) is 36.5 Å². The number of rotatable bonds is 5. The lowest BCUT2D eigenvalue weighted by Gasteiger charge is -2.07. The first-order chi connectivity index (χ1) is 7.61. The summed E-state index contributed by atoms with van der Waals surface area (Å²) >= 11 is 0. The Morgan fingerprint density at radius 1 is 1.19 bits per heavy atom. The van der Waals surface area contributed by atoms with E-state index < -0.39 is 5.97 Å². The van der Waals surface area contributed by atoms with E-state index in [-0.39, 0.29) is 25.1 Å². The molecular weight excluding hydrogens is 208 g/mol. The number of esters is 2. The Hall–Kier alpha value is -1.84. The lowest BCUT2D eigenvalue weighted by molar-refractivity contribution is -0.151. The molecule has 1 aliphatic rings. The Morgan fingerprint density at radius 2 is 1.75 bits per heavy atom. The predicted octanol–water partition coefficient (Wildman–Crippen LogP) is 1.39. The van der Waals surface area contributed by atoms with Crippen molar-refractivity contribution in [2.45, 2.75) is 6.92 Å². The monoisotopic (exact) mass is 222 g/mol. The van der Waals surface area contributed by atoms with Gasteiger partial charge in [0.1, 0.15) is 13.2 Å². The molecule has 4 nitrogen and oxygen atoms in total. The van der Waals surface area contributed by atoms with Crippen LogP contribution in [-0.2, 0) is 19.1 Å². The molecule has 0 fully saturated rings. The van der Waals surface area contributed by atoms with Crippen molar-refractivity contribution < 1.29 is 19.1 Å². The van der Waals surface area contributed by atoms with Crippen molar-refractivity contribution >= 4 is 11.9 Å². The van der Waals surface area contributed by atoms with Gasteiger partial charge in [0.15, 0.2) is 0 Å². The van der Waals surface area contributed by atoms with Crippen LogP contribution in [0.25, 0.3) is 0 Å². The van der Waals surface area contributed by atoms with Gasteiger partial charge < -0.3 is 9.47 Å². The molecule has 0 spiro atoms. The van der Waals surface area contributed by atoms with Crippen LogP contribution >= 0.6 is 0 Å². The molecule has 0 bridgehead atoms. The van der Waals surface area contributed by atoms with Crippen molar-refractivity contribution in [3.63, 3.8) is 0 Å². The molecule has 0 atom stereocenters. The summed E-state index contributed by atoms with van der Waals surface area (Å²) in [5, 5.41) is 0. The predicted molar refractivity (Wildman–Crippen MR) is 58.5 cm³/mol. The molecule has 0 aliphatic heterocycles. The van der Waals surface area contributed by atoms with Gasteiger partial charge in [0.2, 0.25) is 0 Å². The maximum atomic E-state index is 11.3. The summed E-state index contributed by atoms with van der Waals surface area (Å²) in [6.45, 7) is 5.11. The topological polar surface area (TPSA) is 52.6 Å². The van der Waals surface area contributed by atoms with E-state index >= 15 is 0 Å². The van der Waals surface area contributed by atoms with Crippen LogP contribution < -0.4 is 0 Å². The highest BCUT2D eigenvalue weighted by Crippen LogP contribution is 2.10. The first kappa shape index (κ1) is 12.2. The number of hydrogen-bond donors (Lipinski definition) is 0. The second-order valence-electron chi connectivity index (χ2n) is 3.38. The van der Waals surface area contributed by atoms with E-state index in [9.17, 15) is 9.59 Å². The molecule has 0 saturated carbocycles. The molecule has 1 aliphatic carbocycles. The van der Waals surface area contributed by atoms with Crippen molar-refractivity contribution in [3.8, 4) is 0 Å². The van der Waals surface area contributed by atoms with E-state index in [1.165, 1.54) is 0 Å². The maximum absolute atomic E-state index is 11.3. The summed E-state index contributed by atoms with van der Waals surface area (Å²) in [6, 6.07) is 0. The van der Waals surface area contributed by atoms with Gasteiger partial charge in [0, 0.05) is 5.57 Å². The highest BCUT2D eigenvalue weighted by atomic mass is 16.6. The Labute approximate surface area is 94.2 Å². The lowest BCUT2D eigenvalue weighted by Crippen LogP contribution is -2.17. The van der Waals surface area contributed by atoms with Gasteiger partial charge in [-0.3, -0.25) is 4.79 Å². The average Bonchev–Trinajstić information content (AvgIpc) is 2.76. The summed E-state index contributed by atoms with van der Waals surface area (Å²) in [5.41, 5.74) is 0.327. The van der Waals surface area contributed by atoms with E-state index in [0.717, 1.165) is 0 Å². The van der Waals surface area contributed by atoms with Gasteiger partial charge in [0.05, 0.1) is 5.92 Å². The molecule has 0 saturated heterocycles. The van der Waals surface area contributed by atoms with Gasteiger partial charge in [-0.05, 0) is 6.92 Å². The van der Waals surface area contributed by atoms with Crippen LogP contribution in [0.15, 0.2) is 36.5 Å². The smallest absolute Gasteiger partial charge is 0.333 e. The number of allylic oxidation sites excluding steroid dienone is 2. The van der Waals surface area contributed by atoms with Gasteiger partial charge in [-0.15, -0.1) is 0 Å². The molecule has 0 aromatic heterocycles. The Kier molecular flexibility index (Phi) is 4.51. The van der Waals surface area contributed by atoms with Crippen LogP contribution in [0.5, 0.6) is 0 Å². The van der Waals surface area contributed by atoms with E-state index in [4.69, 9.17) is 9.47 Å². The van der Waals surface area contributed by atoms with E-state index in [1.54, 1.807) is 31.2 Å². The summed E-state index contributed by atoms with van der Waals surface area (Å²) in [4.78, 5) is 22.3. The van der Waals surface area contributed by atoms with Gasteiger partial charge >= 0.3 is 11.9 Å². The summed E-state index contributed by atoms with van der Waals surface area (Å²) in [7, 11) is 0. The molecule has 0 aromatic carbocycles. The lowest BCUT2D eigenvalue weighted by atomic mass is 10.2. The quantitative estimate of drug-likeness (QED) is 0.401. The molecule has 0 amide bonds. The van der Waals surface area contributed by atoms with Crippen LogP contribution in [0.2, 0.25) is 0 Å². The zero-order valence-corrected chi connectivity index (χ0v) is 9.14. The van der Waals surface area contributed by atoms with E-state index in [2.05, 4.69) is 6.58 Å². The minimum Gasteiger partial charge on any atom is -0.461 e. The standard InChI is InChI=1S/C12H14O4/c1-9(2)11(13)15-7-8-16-12(14)10-5-3-4-6-10/h3-6,10H,1,7-8H2,2H3. The fourth-order valence-corrected chi connectivity index (χ4v) is 1.09. The molecular formula is C12H14O4. The molecule has 4 heteroatoms. The zero-order valence-electron chi connectivity index (χ0n) is 9.14. The van der Waals surface area contributed by atoms with Gasteiger partial charge in [0.25, 0.3) is 0 Å². The molecule has 86 valence electrons. The summed E-state index contributed by atoms with van der Waals surface area (Å²) < 4.78 is 9.67. The third-order valence-electron chi connectivity index (χ3n) is 1.93. The minimum absolute atomic E-state index is 0.0532. The molecule has 1 rings (SSSR count). The van der Waals surface area contributed by atoms with Crippen LogP contribution in [0.4, 0.5) is 0 Å². The highest BCUT2D eigenvalue weighted by molar-refractivity contribution is 5.86. The molecule has 0 unspecified atom stereocenters. The molecule has 0 N–H and O–H groups in total. The average molecular weight is 222 g/mol. The first-order valence-corrected chi connectivity index (χ1v) is 4.95. The fraction of sp³-hybridized carbons (Fsp3) is 0.333. The third-order valence-corrected chi connectivity index (χ3v) is 1.93. The normalized spacial score (nSPS) is 13.8. The van der Waals surface area contributed by atoms with E-state index in [1.807, 2.05) is 0 Å². The summed E-state index contributed by atoms with van der Waals surface area (Å²) in [6.07, 6.45) is 7.05. The van der Waals surface area contributed by atoms with Crippen LogP contribution in [0.3, 0.4) is 0 Å². The van der Waals surface area contributed by atoms with Gasteiger partial charge in [-0.2, -0.15) is 0 Å². The van der Waals surface area contributed by atoms with Crippen LogP contribution in [0.1, 0.15) is 6.92 Å². The second-order valence-corrected chi connectivity index (χ2v) is 3.38. The van der Waals surface area contributed by atoms with Crippen LogP contribution in [-0.4, -0.2) is 25.2 Å². The largest absolute Gasteiger partial charge is 0.461 e. The van der Waals surface area contributed by atoms with Crippen molar-refractivity contribution in [2.24, 2.45) is 5.92 Å². The van der Waals surface area contributed by atoms with Crippen LogP contribution in [0, 0.1) is 5.92 Å². The number of carbonyl (C=O) groups is 2. The Balaban J connectivity index is 2.14. The molecule has 16 heavy (non-hydrogen) atoms. The molecule has 0 heterocycles. The van der Waals surface area contributed by atoms with E-state index in [0.29, 0.717) is 5.57 Å². The SMILES string of the molecule is C=C(C)C(=O)OCCOC(=O)C1C=CC=C1. The molecule has 0 aromatic rings. The van der Waals surface area contributed by atoms with Crippen molar-refractivity contribution in [1.29, 1.82) is 0 Å². The number of carbonyl (C=O) groups excluding carboxylic acids is 2. The van der Waals surface area contributed by atoms with Crippen molar-refractivity contribution in [1.82, 2.24) is 0 Å². The zero-order chi connectivity index (χ0) is 12.0. The Morgan fingerprint density at radius 3 is 2.31 bits per heavy atom. The minimum atomic E-state index is -0.475. The molecule has 0 radical (unpaired) electrons.